The molecule has 164 valence electrons. The van der Waals surface area contributed by atoms with Crippen LogP contribution in [0.25, 0.3) is 17.1 Å². The van der Waals surface area contributed by atoms with Gasteiger partial charge in [0.15, 0.2) is 11.0 Å². The summed E-state index contributed by atoms with van der Waals surface area (Å²) in [5.74, 6) is 0.587. The van der Waals surface area contributed by atoms with Crippen LogP contribution in [0.2, 0.25) is 0 Å². The number of hydrogen-bond donors (Lipinski definition) is 1. The van der Waals surface area contributed by atoms with Crippen LogP contribution in [-0.4, -0.2) is 40.7 Å². The van der Waals surface area contributed by atoms with Gasteiger partial charge in [-0.2, -0.15) is 5.10 Å². The molecule has 0 radical (unpaired) electrons. The number of amides is 1. The summed E-state index contributed by atoms with van der Waals surface area (Å²) in [5.41, 5.74) is 5.45. The predicted octanol–water partition coefficient (Wildman–Crippen LogP) is 4.11. The molecule has 1 N–H and O–H groups in total. The summed E-state index contributed by atoms with van der Waals surface area (Å²) in [6.45, 7) is 7.73. The Kier molecular flexibility index (Phi) is 6.09. The van der Waals surface area contributed by atoms with E-state index in [2.05, 4.69) is 25.6 Å². The third-order valence-electron chi connectivity index (χ3n) is 5.27. The molecule has 0 spiro atoms. The molecular weight excluding hydrogens is 422 g/mol. The molecule has 0 fully saturated rings. The van der Waals surface area contributed by atoms with E-state index >= 15 is 0 Å². The van der Waals surface area contributed by atoms with Gasteiger partial charge in [0, 0.05) is 30.7 Å². The Balaban J connectivity index is 1.65. The van der Waals surface area contributed by atoms with E-state index in [0.717, 1.165) is 33.9 Å². The van der Waals surface area contributed by atoms with E-state index in [4.69, 9.17) is 0 Å². The van der Waals surface area contributed by atoms with E-state index in [1.165, 1.54) is 11.8 Å². The van der Waals surface area contributed by atoms with Gasteiger partial charge in [-0.15, -0.1) is 10.2 Å². The number of pyridine rings is 1. The van der Waals surface area contributed by atoms with Crippen LogP contribution in [0.3, 0.4) is 0 Å². The average Bonchev–Trinajstić information content (AvgIpc) is 3.30. The highest BCUT2D eigenvalue weighted by molar-refractivity contribution is 8.00. The second-order valence-electron chi connectivity index (χ2n) is 7.63. The Morgan fingerprint density at radius 1 is 1.03 bits per heavy atom. The van der Waals surface area contributed by atoms with Gasteiger partial charge in [-0.3, -0.25) is 19.0 Å². The first-order valence-electron chi connectivity index (χ1n) is 10.3. The van der Waals surface area contributed by atoms with Gasteiger partial charge in [-0.05, 0) is 52.0 Å². The van der Waals surface area contributed by atoms with Crippen molar-refractivity contribution < 1.29 is 4.79 Å². The zero-order valence-electron chi connectivity index (χ0n) is 18.7. The number of aryl methyl sites for hydroxylation is 3. The Morgan fingerprint density at radius 3 is 2.34 bits per heavy atom. The van der Waals surface area contributed by atoms with Crippen molar-refractivity contribution in [3.05, 3.63) is 65.7 Å². The first kappa shape index (κ1) is 21.8. The minimum atomic E-state index is -0.396. The highest BCUT2D eigenvalue weighted by atomic mass is 32.2. The number of benzene rings is 1. The molecule has 0 bridgehead atoms. The van der Waals surface area contributed by atoms with Crippen molar-refractivity contribution in [3.63, 3.8) is 0 Å². The van der Waals surface area contributed by atoms with Crippen LogP contribution >= 0.6 is 11.8 Å². The maximum atomic E-state index is 13.0. The molecule has 3 aromatic heterocycles. The predicted molar refractivity (Wildman–Crippen MR) is 126 cm³/mol. The Morgan fingerprint density at radius 2 is 1.72 bits per heavy atom. The lowest BCUT2D eigenvalue weighted by atomic mass is 10.2. The summed E-state index contributed by atoms with van der Waals surface area (Å²) in [7, 11) is 1.86. The maximum absolute atomic E-state index is 13.0. The minimum absolute atomic E-state index is 0.113. The van der Waals surface area contributed by atoms with Crippen molar-refractivity contribution >= 4 is 23.4 Å². The number of thioether (sulfide) groups is 1. The fourth-order valence-corrected chi connectivity index (χ4v) is 4.22. The molecule has 0 saturated carbocycles. The van der Waals surface area contributed by atoms with Gasteiger partial charge in [0.25, 0.3) is 0 Å². The van der Waals surface area contributed by atoms with Crippen molar-refractivity contribution in [2.24, 2.45) is 7.05 Å². The van der Waals surface area contributed by atoms with Crippen molar-refractivity contribution in [1.82, 2.24) is 29.5 Å². The van der Waals surface area contributed by atoms with Crippen molar-refractivity contribution in [2.75, 3.05) is 5.32 Å². The molecule has 1 unspecified atom stereocenters. The van der Waals surface area contributed by atoms with Crippen LogP contribution in [0, 0.1) is 20.8 Å². The largest absolute Gasteiger partial charge is 0.322 e. The monoisotopic (exact) mass is 447 g/mol. The topological polar surface area (TPSA) is 90.5 Å². The number of carbonyl (C=O) groups excluding carboxylic acids is 1. The van der Waals surface area contributed by atoms with Gasteiger partial charge in [0.2, 0.25) is 5.91 Å². The normalized spacial score (nSPS) is 12.0. The summed E-state index contributed by atoms with van der Waals surface area (Å²) in [6.07, 6.45) is 3.45. The van der Waals surface area contributed by atoms with E-state index < -0.39 is 5.25 Å². The lowest BCUT2D eigenvalue weighted by molar-refractivity contribution is -0.115. The van der Waals surface area contributed by atoms with Gasteiger partial charge in [-0.25, -0.2) is 0 Å². The summed E-state index contributed by atoms with van der Waals surface area (Å²) in [4.78, 5) is 17.1. The second-order valence-corrected chi connectivity index (χ2v) is 8.94. The summed E-state index contributed by atoms with van der Waals surface area (Å²) >= 11 is 1.37. The van der Waals surface area contributed by atoms with Crippen molar-refractivity contribution in [3.8, 4) is 17.1 Å². The van der Waals surface area contributed by atoms with E-state index in [0.29, 0.717) is 11.0 Å². The number of aromatic nitrogens is 6. The average molecular weight is 448 g/mol. The molecule has 1 aromatic carbocycles. The number of carbonyl (C=O) groups is 1. The van der Waals surface area contributed by atoms with Crippen molar-refractivity contribution in [2.45, 2.75) is 38.1 Å². The molecule has 3 heterocycles. The molecule has 0 aliphatic carbocycles. The van der Waals surface area contributed by atoms with Crippen molar-refractivity contribution in [1.29, 1.82) is 0 Å². The maximum Gasteiger partial charge on any atom is 0.237 e. The van der Waals surface area contributed by atoms with Crippen LogP contribution in [0.15, 0.2) is 53.9 Å². The van der Waals surface area contributed by atoms with Gasteiger partial charge in [0.1, 0.15) is 0 Å². The van der Waals surface area contributed by atoms with Crippen LogP contribution < -0.4 is 5.32 Å². The number of hydrogen-bond acceptors (Lipinski definition) is 6. The fraction of sp³-hybridized carbons (Fsp3) is 0.261. The lowest BCUT2D eigenvalue weighted by Crippen LogP contribution is -2.23. The molecule has 32 heavy (non-hydrogen) atoms. The summed E-state index contributed by atoms with van der Waals surface area (Å²) in [6, 6.07) is 11.9. The third kappa shape index (κ3) is 4.29. The minimum Gasteiger partial charge on any atom is -0.322 e. The molecule has 9 heteroatoms. The van der Waals surface area contributed by atoms with E-state index in [1.54, 1.807) is 17.1 Å². The van der Waals surface area contributed by atoms with Crippen LogP contribution in [0.4, 0.5) is 5.69 Å². The molecule has 4 aromatic rings. The summed E-state index contributed by atoms with van der Waals surface area (Å²) in [5, 5.41) is 16.5. The van der Waals surface area contributed by atoms with E-state index in [1.807, 2.05) is 75.7 Å². The van der Waals surface area contributed by atoms with Gasteiger partial charge < -0.3 is 5.32 Å². The second kappa shape index (κ2) is 8.96. The van der Waals surface area contributed by atoms with Gasteiger partial charge >= 0.3 is 0 Å². The molecule has 1 atom stereocenters. The van der Waals surface area contributed by atoms with Gasteiger partial charge in [0.05, 0.1) is 22.3 Å². The molecule has 4 rings (SSSR count). The fourth-order valence-electron chi connectivity index (χ4n) is 3.35. The molecule has 0 aliphatic rings. The van der Waals surface area contributed by atoms with E-state index in [9.17, 15) is 4.79 Å². The van der Waals surface area contributed by atoms with Crippen LogP contribution in [0.5, 0.6) is 0 Å². The standard InChI is InChI=1S/C23H25N7OS/c1-14-6-8-19(9-7-14)30-21(18-10-12-24-13-11-18)26-27-23(30)32-17(4)22(31)25-20-15(2)28-29(5)16(20)3/h6-13,17H,1-5H3,(H,25,31). The van der Waals surface area contributed by atoms with Crippen LogP contribution in [-0.2, 0) is 11.8 Å². The van der Waals surface area contributed by atoms with Crippen LogP contribution in [0.1, 0.15) is 23.9 Å². The quantitative estimate of drug-likeness (QED) is 0.448. The molecule has 0 aliphatic heterocycles. The Labute approximate surface area is 191 Å². The number of nitrogens with one attached hydrogen (secondary N) is 1. The number of anilines is 1. The first-order valence-corrected chi connectivity index (χ1v) is 11.1. The highest BCUT2D eigenvalue weighted by Crippen LogP contribution is 2.31. The molecule has 0 saturated heterocycles. The Bertz CT molecular complexity index is 1250. The molecule has 1 amide bonds. The molecular formula is C23H25N7OS. The van der Waals surface area contributed by atoms with Gasteiger partial charge in [-0.1, -0.05) is 29.5 Å². The highest BCUT2D eigenvalue weighted by Gasteiger charge is 2.23. The lowest BCUT2D eigenvalue weighted by Gasteiger charge is -2.14. The third-order valence-corrected chi connectivity index (χ3v) is 6.32. The SMILES string of the molecule is Cc1ccc(-n2c(SC(C)C(=O)Nc3c(C)nn(C)c3C)nnc2-c2ccncc2)cc1. The Hall–Kier alpha value is -3.46. The first-order chi connectivity index (χ1) is 15.3. The zero-order chi connectivity index (χ0) is 22.8. The molecule has 8 nitrogen and oxygen atoms in total. The van der Waals surface area contributed by atoms with E-state index in [-0.39, 0.29) is 5.91 Å². The summed E-state index contributed by atoms with van der Waals surface area (Å²) < 4.78 is 3.74. The number of nitrogens with zero attached hydrogens (tertiary/aromatic N) is 6. The zero-order valence-corrected chi connectivity index (χ0v) is 19.5. The number of rotatable bonds is 6. The smallest absolute Gasteiger partial charge is 0.237 e.